The third kappa shape index (κ3) is 4.56. The molecule has 0 radical (unpaired) electrons. The van der Waals surface area contributed by atoms with Gasteiger partial charge in [0.25, 0.3) is 0 Å². The lowest BCUT2D eigenvalue weighted by atomic mass is 9.51. The number of carboxylic acid groups (broad SMARTS) is 1. The number of hydrogen-bond acceptors (Lipinski definition) is 5. The van der Waals surface area contributed by atoms with Crippen LogP contribution in [0.15, 0.2) is 30.5 Å². The predicted molar refractivity (Wildman–Crippen MR) is 156 cm³/mol. The molecule has 3 heterocycles. The summed E-state index contributed by atoms with van der Waals surface area (Å²) < 4.78 is 21.6. The number of hydrogen-bond donors (Lipinski definition) is 2. The topological polar surface area (TPSA) is 106 Å². The Bertz CT molecular complexity index is 1450. The van der Waals surface area contributed by atoms with E-state index in [2.05, 4.69) is 24.1 Å². The first kappa shape index (κ1) is 29.5. The maximum atomic E-state index is 16.1. The highest BCUT2D eigenvalue weighted by Crippen LogP contribution is 2.72. The van der Waals surface area contributed by atoms with Crippen LogP contribution in [0.5, 0.6) is 0 Å². The number of fused-ring (bicyclic) bond motifs is 3. The zero-order chi connectivity index (χ0) is 30.0. The number of nitrogens with one attached hydrogen (secondary N) is 1. The van der Waals surface area contributed by atoms with Gasteiger partial charge in [-0.05, 0) is 79.4 Å². The van der Waals surface area contributed by atoms with Gasteiger partial charge < -0.3 is 15.2 Å². The number of amides is 1. The normalized spacial score (nSPS) is 31.2. The Morgan fingerprint density at radius 3 is 2.57 bits per heavy atom. The quantitative estimate of drug-likeness (QED) is 0.352. The Labute approximate surface area is 254 Å². The van der Waals surface area contributed by atoms with Crippen molar-refractivity contribution in [3.8, 4) is 0 Å². The van der Waals surface area contributed by atoms with E-state index in [-0.39, 0.29) is 51.8 Å². The highest BCUT2D eigenvalue weighted by molar-refractivity contribution is 6.31. The Morgan fingerprint density at radius 1 is 1.17 bits per heavy atom. The highest BCUT2D eigenvalue weighted by Gasteiger charge is 2.72. The van der Waals surface area contributed by atoms with Gasteiger partial charge in [-0.1, -0.05) is 49.2 Å². The van der Waals surface area contributed by atoms with E-state index in [9.17, 15) is 19.5 Å². The van der Waals surface area contributed by atoms with Crippen molar-refractivity contribution >= 4 is 46.5 Å². The molecular weight excluding hydrogens is 582 g/mol. The minimum atomic E-state index is -1.25. The van der Waals surface area contributed by atoms with Crippen molar-refractivity contribution in [2.45, 2.75) is 82.7 Å². The van der Waals surface area contributed by atoms with Gasteiger partial charge in [0.05, 0.1) is 17.0 Å². The van der Waals surface area contributed by atoms with Crippen LogP contribution in [0, 0.1) is 28.5 Å². The number of Topliss-reactive ketones (excluding diaryl/α,β-unsaturated/α-hetero) is 1. The maximum absolute atomic E-state index is 16.1. The molecule has 2 aliphatic heterocycles. The Morgan fingerprint density at radius 2 is 1.90 bits per heavy atom. The average Bonchev–Trinajstić information content (AvgIpc) is 3.40. The third-order valence-corrected chi connectivity index (χ3v) is 11.1. The molecule has 4 aliphatic rings. The van der Waals surface area contributed by atoms with Gasteiger partial charge in [-0.2, -0.15) is 0 Å². The van der Waals surface area contributed by atoms with Crippen LogP contribution >= 0.6 is 23.2 Å². The van der Waals surface area contributed by atoms with Crippen LogP contribution in [-0.4, -0.2) is 40.5 Å². The molecule has 2 spiro atoms. The highest BCUT2D eigenvalue weighted by atomic mass is 35.5. The van der Waals surface area contributed by atoms with E-state index in [0.717, 1.165) is 12.8 Å². The van der Waals surface area contributed by atoms with Crippen molar-refractivity contribution in [3.63, 3.8) is 0 Å². The van der Waals surface area contributed by atoms with E-state index >= 15 is 4.39 Å². The molecule has 0 bridgehead atoms. The lowest BCUT2D eigenvalue weighted by Crippen LogP contribution is -2.52. The molecule has 0 unspecified atom stereocenters. The van der Waals surface area contributed by atoms with Crippen LogP contribution in [0.3, 0.4) is 0 Å². The van der Waals surface area contributed by atoms with Gasteiger partial charge in [-0.15, -0.1) is 0 Å². The molecule has 1 saturated heterocycles. The number of ether oxygens (including phenoxy) is 1. The molecule has 10 heteroatoms. The van der Waals surface area contributed by atoms with Gasteiger partial charge in [-0.3, -0.25) is 9.59 Å². The number of benzene rings is 1. The number of anilines is 1. The second-order valence-electron chi connectivity index (χ2n) is 13.5. The van der Waals surface area contributed by atoms with Crippen molar-refractivity contribution in [2.24, 2.45) is 22.7 Å². The minimum Gasteiger partial charge on any atom is -0.479 e. The van der Waals surface area contributed by atoms with E-state index in [1.807, 2.05) is 0 Å². The summed E-state index contributed by atoms with van der Waals surface area (Å²) in [5.41, 5.74) is -0.343. The van der Waals surface area contributed by atoms with Crippen LogP contribution in [0.1, 0.15) is 82.3 Å². The van der Waals surface area contributed by atoms with Crippen molar-refractivity contribution in [1.29, 1.82) is 0 Å². The molecule has 1 aromatic carbocycles. The van der Waals surface area contributed by atoms with E-state index in [4.69, 9.17) is 27.9 Å². The minimum absolute atomic E-state index is 0.0622. The van der Waals surface area contributed by atoms with Gasteiger partial charge in [0.15, 0.2) is 6.10 Å². The standard InChI is InChI=1S/C32H35Cl2FN2O5/c1-30(2)8-10-31(11-9-30)14-19(23(38)12-17-6-7-24(28(39)40)42-16-17)26(18-4-3-5-21(33)27(18)35)32(31)20-15-36-25(34)13-22(20)37-29(32)41/h3-5,13,15,17,19,24,26H,6-12,14,16H2,1-2H3,(H,37,41)(H,39,40)/t17-,19-,24-,26-,32+/m0/s1. The first-order chi connectivity index (χ1) is 19.9. The number of carbonyl (C=O) groups excluding carboxylic acids is 2. The molecule has 6 rings (SSSR count). The molecule has 5 atom stereocenters. The number of pyridine rings is 1. The van der Waals surface area contributed by atoms with Gasteiger partial charge >= 0.3 is 5.97 Å². The van der Waals surface area contributed by atoms with Gasteiger partial charge in [0.1, 0.15) is 16.8 Å². The molecule has 42 heavy (non-hydrogen) atoms. The van der Waals surface area contributed by atoms with Gasteiger partial charge in [0.2, 0.25) is 5.91 Å². The van der Waals surface area contributed by atoms with Crippen molar-refractivity contribution in [3.05, 3.63) is 57.6 Å². The van der Waals surface area contributed by atoms with Crippen molar-refractivity contribution < 1.29 is 28.6 Å². The molecule has 1 amide bonds. The fourth-order valence-electron chi connectivity index (χ4n) is 8.47. The summed E-state index contributed by atoms with van der Waals surface area (Å²) in [5.74, 6) is -3.58. The smallest absolute Gasteiger partial charge is 0.332 e. The van der Waals surface area contributed by atoms with E-state index in [1.165, 1.54) is 6.07 Å². The molecule has 7 nitrogen and oxygen atoms in total. The Kier molecular flexibility index (Phi) is 7.42. The largest absolute Gasteiger partial charge is 0.479 e. The number of carboxylic acids is 1. The molecule has 2 aliphatic carbocycles. The van der Waals surface area contributed by atoms with E-state index in [1.54, 1.807) is 24.4 Å². The van der Waals surface area contributed by atoms with Crippen LogP contribution in [-0.2, 0) is 24.5 Å². The van der Waals surface area contributed by atoms with E-state index in [0.29, 0.717) is 43.4 Å². The first-order valence-corrected chi connectivity index (χ1v) is 15.4. The molecule has 2 saturated carbocycles. The Balaban J connectivity index is 1.49. The average molecular weight is 618 g/mol. The molecule has 2 N–H and O–H groups in total. The zero-order valence-electron chi connectivity index (χ0n) is 23.7. The summed E-state index contributed by atoms with van der Waals surface area (Å²) in [6, 6.07) is 6.41. The molecule has 1 aromatic heterocycles. The summed E-state index contributed by atoms with van der Waals surface area (Å²) in [7, 11) is 0. The summed E-state index contributed by atoms with van der Waals surface area (Å²) >= 11 is 12.6. The second kappa shape index (κ2) is 10.6. The molecule has 3 fully saturated rings. The van der Waals surface area contributed by atoms with Crippen LogP contribution in [0.4, 0.5) is 10.1 Å². The number of carbonyl (C=O) groups is 3. The summed E-state index contributed by atoms with van der Waals surface area (Å²) in [4.78, 5) is 44.6. The van der Waals surface area contributed by atoms with Crippen molar-refractivity contribution in [2.75, 3.05) is 11.9 Å². The number of aromatic nitrogens is 1. The second-order valence-corrected chi connectivity index (χ2v) is 14.3. The maximum Gasteiger partial charge on any atom is 0.332 e. The van der Waals surface area contributed by atoms with Crippen LogP contribution < -0.4 is 5.32 Å². The number of halogens is 3. The predicted octanol–water partition coefficient (Wildman–Crippen LogP) is 6.95. The lowest BCUT2D eigenvalue weighted by molar-refractivity contribution is -0.155. The lowest BCUT2D eigenvalue weighted by Gasteiger charge is -2.50. The number of nitrogens with zero attached hydrogens (tertiary/aromatic N) is 1. The SMILES string of the molecule is CC1(C)CCC2(CC1)C[C@@H](C(=O)C[C@@H]1CC[C@@H](C(=O)O)OC1)[C@H](c1cccc(Cl)c1F)[C@]21C(=O)Nc2cc(Cl)ncc21. The van der Waals surface area contributed by atoms with Crippen LogP contribution in [0.2, 0.25) is 10.2 Å². The van der Waals surface area contributed by atoms with Crippen molar-refractivity contribution in [1.82, 2.24) is 4.98 Å². The fourth-order valence-corrected chi connectivity index (χ4v) is 8.81. The third-order valence-electron chi connectivity index (χ3n) is 10.6. The van der Waals surface area contributed by atoms with Gasteiger partial charge in [0, 0.05) is 35.7 Å². The fraction of sp³-hybridized carbons (Fsp3) is 0.562. The zero-order valence-corrected chi connectivity index (χ0v) is 25.2. The first-order valence-electron chi connectivity index (χ1n) is 14.7. The summed E-state index contributed by atoms with van der Waals surface area (Å²) in [6.45, 7) is 4.60. The van der Waals surface area contributed by atoms with E-state index < -0.39 is 40.6 Å². The van der Waals surface area contributed by atoms with Crippen LogP contribution in [0.25, 0.3) is 0 Å². The summed E-state index contributed by atoms with van der Waals surface area (Å²) in [5, 5.41) is 12.5. The monoisotopic (exact) mass is 616 g/mol. The Hall–Kier alpha value is -2.55. The molecular formula is C32H35Cl2FN2O5. The molecule has 2 aromatic rings. The van der Waals surface area contributed by atoms with Gasteiger partial charge in [-0.25, -0.2) is 14.2 Å². The number of ketones is 1. The molecule has 224 valence electrons. The summed E-state index contributed by atoms with van der Waals surface area (Å²) in [6.07, 6.45) is 5.34. The number of aliphatic carboxylic acids is 1. The number of rotatable bonds is 5.